The van der Waals surface area contributed by atoms with Gasteiger partial charge >= 0.3 is 0 Å². The summed E-state index contributed by atoms with van der Waals surface area (Å²) in [5.74, 6) is 0. The predicted octanol–water partition coefficient (Wildman–Crippen LogP) is 15.0. The van der Waals surface area contributed by atoms with Gasteiger partial charge in [-0.2, -0.15) is 0 Å². The summed E-state index contributed by atoms with van der Waals surface area (Å²) < 4.78 is 0. The Morgan fingerprint density at radius 3 is 1.33 bits per heavy atom. The summed E-state index contributed by atoms with van der Waals surface area (Å²) >= 11 is 3.75. The second-order valence-corrected chi connectivity index (χ2v) is 17.6. The van der Waals surface area contributed by atoms with Gasteiger partial charge in [0.1, 0.15) is 0 Å². The molecule has 0 bridgehead atoms. The Hall–Kier alpha value is -5.68. The summed E-state index contributed by atoms with van der Waals surface area (Å²) in [7, 11) is 0. The van der Waals surface area contributed by atoms with Gasteiger partial charge in [-0.05, 0) is 112 Å². The summed E-state index contributed by atoms with van der Waals surface area (Å²) in [5.41, 5.74) is 14.7. The van der Waals surface area contributed by atoms with Crippen molar-refractivity contribution in [3.63, 3.8) is 0 Å². The van der Waals surface area contributed by atoms with Gasteiger partial charge < -0.3 is 9.80 Å². The number of para-hydroxylation sites is 3. The highest BCUT2D eigenvalue weighted by Gasteiger charge is 2.43. The number of nitrogens with zero attached hydrogens (tertiary/aromatic N) is 2. The van der Waals surface area contributed by atoms with Crippen molar-refractivity contribution in [3.05, 3.63) is 192 Å². The van der Waals surface area contributed by atoms with Crippen LogP contribution in [-0.2, 0) is 10.8 Å². The first kappa shape index (κ1) is 32.9. The Kier molecular flexibility index (Phi) is 7.59. The van der Waals surface area contributed by atoms with Crippen molar-refractivity contribution in [2.24, 2.45) is 0 Å². The van der Waals surface area contributed by atoms with Gasteiger partial charge in [-0.1, -0.05) is 119 Å². The van der Waals surface area contributed by atoms with Gasteiger partial charge in [0, 0.05) is 41.7 Å². The number of hydrogen-bond acceptors (Lipinski definition) is 4. The SMILES string of the molecule is CC1(C)c2ccccc2N(c2ccccc2)c2cc3c(cc21)N(c1ccccc1)c1ccc(-c2ccc(-c4ccc(-c5ccccc5)s4)s2)cc1C3(C)C. The van der Waals surface area contributed by atoms with E-state index in [1.54, 1.807) is 0 Å². The molecule has 0 fully saturated rings. The number of thiophene rings is 2. The normalized spacial score (nSPS) is 14.9. The van der Waals surface area contributed by atoms with Crippen LogP contribution in [-0.4, -0.2) is 0 Å². The van der Waals surface area contributed by atoms with Crippen molar-refractivity contribution in [1.29, 1.82) is 0 Å². The molecule has 6 aromatic carbocycles. The zero-order chi connectivity index (χ0) is 36.6. The number of rotatable bonds is 5. The molecule has 0 aliphatic carbocycles. The van der Waals surface area contributed by atoms with E-state index in [1.165, 1.54) is 87.0 Å². The van der Waals surface area contributed by atoms with E-state index in [2.05, 4.69) is 207 Å². The molecule has 0 radical (unpaired) electrons. The largest absolute Gasteiger partial charge is 0.310 e. The summed E-state index contributed by atoms with van der Waals surface area (Å²) in [5, 5.41) is 0. The predicted molar refractivity (Wildman–Crippen MR) is 232 cm³/mol. The molecule has 0 amide bonds. The van der Waals surface area contributed by atoms with Crippen molar-refractivity contribution in [2.75, 3.05) is 9.80 Å². The van der Waals surface area contributed by atoms with E-state index in [-0.39, 0.29) is 10.8 Å². The van der Waals surface area contributed by atoms with Crippen LogP contribution < -0.4 is 9.80 Å². The van der Waals surface area contributed by atoms with Crippen LogP contribution in [0.1, 0.15) is 49.9 Å². The molecular formula is C50H40N2S2. The van der Waals surface area contributed by atoms with Gasteiger partial charge in [-0.3, -0.25) is 0 Å². The maximum absolute atomic E-state index is 2.51. The molecule has 54 heavy (non-hydrogen) atoms. The molecule has 8 aromatic rings. The molecule has 0 N–H and O–H groups in total. The van der Waals surface area contributed by atoms with Gasteiger partial charge in [0.15, 0.2) is 0 Å². The lowest BCUT2D eigenvalue weighted by Gasteiger charge is -2.47. The Labute approximate surface area is 326 Å². The van der Waals surface area contributed by atoms with Crippen LogP contribution in [0.4, 0.5) is 34.1 Å². The van der Waals surface area contributed by atoms with Crippen molar-refractivity contribution in [1.82, 2.24) is 0 Å². The van der Waals surface area contributed by atoms with Crippen LogP contribution in [0.3, 0.4) is 0 Å². The van der Waals surface area contributed by atoms with Gasteiger partial charge in [-0.15, -0.1) is 22.7 Å². The minimum absolute atomic E-state index is 0.204. The van der Waals surface area contributed by atoms with Crippen LogP contribution in [0, 0.1) is 0 Å². The van der Waals surface area contributed by atoms with Crippen LogP contribution >= 0.6 is 22.7 Å². The third-order valence-corrected chi connectivity index (χ3v) is 14.0. The second-order valence-electron chi connectivity index (χ2n) is 15.4. The molecule has 10 rings (SSSR count). The first-order chi connectivity index (χ1) is 26.3. The van der Waals surface area contributed by atoms with Gasteiger partial charge in [0.2, 0.25) is 0 Å². The van der Waals surface area contributed by atoms with E-state index in [1.807, 2.05) is 22.7 Å². The van der Waals surface area contributed by atoms with E-state index in [4.69, 9.17) is 0 Å². The highest BCUT2D eigenvalue weighted by molar-refractivity contribution is 7.25. The molecule has 2 nitrogen and oxygen atoms in total. The lowest BCUT2D eigenvalue weighted by atomic mass is 9.68. The van der Waals surface area contributed by atoms with Crippen LogP contribution in [0.2, 0.25) is 0 Å². The summed E-state index contributed by atoms with van der Waals surface area (Å²) in [6.07, 6.45) is 0. The van der Waals surface area contributed by atoms with Crippen molar-refractivity contribution in [2.45, 2.75) is 38.5 Å². The van der Waals surface area contributed by atoms with Crippen LogP contribution in [0.5, 0.6) is 0 Å². The first-order valence-corrected chi connectivity index (χ1v) is 20.3. The maximum Gasteiger partial charge on any atom is 0.0507 e. The van der Waals surface area contributed by atoms with Crippen LogP contribution in [0.25, 0.3) is 30.6 Å². The molecule has 0 saturated heterocycles. The molecule has 262 valence electrons. The van der Waals surface area contributed by atoms with E-state index < -0.39 is 0 Å². The number of fused-ring (bicyclic) bond motifs is 4. The maximum atomic E-state index is 2.51. The van der Waals surface area contributed by atoms with Gasteiger partial charge in [0.05, 0.1) is 22.7 Å². The molecule has 2 aliphatic heterocycles. The number of benzene rings is 6. The van der Waals surface area contributed by atoms with Crippen LogP contribution in [0.15, 0.2) is 170 Å². The molecule has 4 heterocycles. The van der Waals surface area contributed by atoms with E-state index in [0.29, 0.717) is 0 Å². The smallest absolute Gasteiger partial charge is 0.0507 e. The zero-order valence-electron chi connectivity index (χ0n) is 30.9. The van der Waals surface area contributed by atoms with E-state index >= 15 is 0 Å². The third-order valence-electron chi connectivity index (χ3n) is 11.5. The lowest BCUT2D eigenvalue weighted by molar-refractivity contribution is 0.615. The Bertz CT molecular complexity index is 2670. The zero-order valence-corrected chi connectivity index (χ0v) is 32.5. The Morgan fingerprint density at radius 1 is 0.333 bits per heavy atom. The van der Waals surface area contributed by atoms with E-state index in [0.717, 1.165) is 0 Å². The van der Waals surface area contributed by atoms with E-state index in [9.17, 15) is 0 Å². The minimum atomic E-state index is -0.275. The second kappa shape index (κ2) is 12.4. The molecule has 2 aromatic heterocycles. The highest BCUT2D eigenvalue weighted by atomic mass is 32.1. The van der Waals surface area contributed by atoms with Crippen molar-refractivity contribution in [3.8, 4) is 30.6 Å². The summed E-state index contributed by atoms with van der Waals surface area (Å²) in [6, 6.07) is 62.6. The Morgan fingerprint density at radius 2 is 0.759 bits per heavy atom. The molecular weight excluding hydrogens is 693 g/mol. The quantitative estimate of drug-likeness (QED) is 0.174. The monoisotopic (exact) mass is 732 g/mol. The van der Waals surface area contributed by atoms with Crippen molar-refractivity contribution < 1.29 is 0 Å². The first-order valence-electron chi connectivity index (χ1n) is 18.7. The molecule has 0 spiro atoms. The average molecular weight is 733 g/mol. The number of hydrogen-bond donors (Lipinski definition) is 0. The van der Waals surface area contributed by atoms with Crippen molar-refractivity contribution >= 4 is 56.8 Å². The number of anilines is 6. The lowest BCUT2D eigenvalue weighted by Crippen LogP contribution is -2.35. The third kappa shape index (κ3) is 5.12. The average Bonchev–Trinajstić information content (AvgIpc) is 3.91. The molecule has 0 unspecified atom stereocenters. The molecule has 4 heteroatoms. The Balaban J connectivity index is 1.13. The topological polar surface area (TPSA) is 6.48 Å². The molecule has 0 saturated carbocycles. The molecule has 2 aliphatic rings. The fraction of sp³-hybridized carbons (Fsp3) is 0.120. The summed E-state index contributed by atoms with van der Waals surface area (Å²) in [4.78, 5) is 10.2. The van der Waals surface area contributed by atoms with Gasteiger partial charge in [0.25, 0.3) is 0 Å². The molecule has 0 atom stereocenters. The minimum Gasteiger partial charge on any atom is -0.310 e. The fourth-order valence-electron chi connectivity index (χ4n) is 8.64. The highest BCUT2D eigenvalue weighted by Crippen LogP contribution is 2.59. The van der Waals surface area contributed by atoms with Gasteiger partial charge in [-0.25, -0.2) is 0 Å². The summed E-state index contributed by atoms with van der Waals surface area (Å²) in [6.45, 7) is 9.59. The fourth-order valence-corrected chi connectivity index (χ4v) is 10.7. The standard InChI is InChI=1S/C50H40N2S2/c1-49(2)37-22-14-15-23-41(37)51(35-18-10-6-11-19-35)43-32-40-44(31-39(43)49)52(36-20-12-7-13-21-36)42-25-24-34(30-38(42)50(40,3)4)46-27-29-48(54-46)47-28-26-45(53-47)33-16-8-5-9-17-33/h5-32H,1-4H3.